The number of likely N-dealkylation sites (N-methyl/N-ethyl adjacent to an activating group) is 1. The van der Waals surface area contributed by atoms with E-state index >= 15 is 0 Å². The monoisotopic (exact) mass is 670 g/mol. The second kappa shape index (κ2) is 13.5. The van der Waals surface area contributed by atoms with Crippen molar-refractivity contribution in [2.75, 3.05) is 45.5 Å². The van der Waals surface area contributed by atoms with Crippen molar-refractivity contribution in [1.82, 2.24) is 39.4 Å². The van der Waals surface area contributed by atoms with Crippen molar-refractivity contribution in [3.05, 3.63) is 23.0 Å². The Morgan fingerprint density at radius 1 is 1.24 bits per heavy atom. The fourth-order valence-corrected chi connectivity index (χ4v) is 6.04. The Morgan fingerprint density at radius 3 is 2.53 bits per heavy atom. The Hall–Kier alpha value is -4.05. The lowest BCUT2D eigenvalue weighted by atomic mass is 9.84. The number of carboxylic acid groups (broad SMARTS) is 1. The zero-order chi connectivity index (χ0) is 33.1. The third-order valence-electron chi connectivity index (χ3n) is 7.25. The molecule has 0 aliphatic carbocycles. The minimum atomic E-state index is -4.99. The van der Waals surface area contributed by atoms with Gasteiger partial charge in [0.15, 0.2) is 16.6 Å². The van der Waals surface area contributed by atoms with E-state index in [4.69, 9.17) is 10.6 Å². The number of amides is 2. The highest BCUT2D eigenvalue weighted by molar-refractivity contribution is 7.84. The van der Waals surface area contributed by atoms with Crippen molar-refractivity contribution in [3.63, 3.8) is 0 Å². The smallest absolute Gasteiger partial charge is 0.362 e. The van der Waals surface area contributed by atoms with Crippen LogP contribution in [0.1, 0.15) is 31.7 Å². The topological polar surface area (TPSA) is 256 Å². The van der Waals surface area contributed by atoms with Crippen molar-refractivity contribution in [1.29, 1.82) is 0 Å². The zero-order valence-electron chi connectivity index (χ0n) is 24.7. The van der Waals surface area contributed by atoms with Crippen LogP contribution in [0, 0.1) is 5.92 Å². The van der Waals surface area contributed by atoms with Gasteiger partial charge in [-0.1, -0.05) is 10.4 Å². The number of carbonyl (C=O) groups excluding carboxylic acids is 3. The van der Waals surface area contributed by atoms with Crippen LogP contribution in [0.2, 0.25) is 0 Å². The molecule has 4 heterocycles. The Kier molecular flexibility index (Phi) is 10.2. The molecule has 0 spiro atoms. The number of aliphatic carboxylic acids is 1. The van der Waals surface area contributed by atoms with Crippen LogP contribution in [0.5, 0.6) is 0 Å². The minimum Gasteiger partial charge on any atom is -0.478 e. The molecule has 5 N–H and O–H groups in total. The third kappa shape index (κ3) is 8.36. The Balaban J connectivity index is 1.44. The number of thiazole rings is 1. The number of nitrogens with zero attached hydrogens (tertiary/aromatic N) is 8. The number of rotatable bonds is 14. The van der Waals surface area contributed by atoms with E-state index in [1.165, 1.54) is 30.1 Å². The van der Waals surface area contributed by atoms with Crippen LogP contribution in [0.25, 0.3) is 0 Å². The standard InChI is InChI=1S/C24H34N10O9S2/c1-24(2,22(38)39)43-29-20(16-13-44-23(25)27-16)18(35)8-15-17(34(21(15)37)45(40,41)42)11-33-10-14(28-30-33)9-26-19(36)12-32-6-4-31(3)5-7-32/h10,13,15,17H,4-9,11-12H2,1-3H3,(H2,25,27)(H,26,36)(H,38,39)(H,40,41,42)/b29-20-/t15-,17+/m0/s1. The molecule has 2 amide bonds. The molecule has 0 unspecified atom stereocenters. The SMILES string of the molecule is CN1CCN(CC(=O)NCc2cn(C[C@@H]3[C@H](CC(=O)/C(=N\OC(C)(C)C(=O)O)c4csc(N)n4)C(=O)N3S(=O)(=O)O)nn2)CC1. The van der Waals surface area contributed by atoms with Crippen LogP contribution < -0.4 is 11.1 Å². The molecule has 0 radical (unpaired) electrons. The lowest BCUT2D eigenvalue weighted by Gasteiger charge is -2.43. The average Bonchev–Trinajstić information content (AvgIpc) is 3.59. The van der Waals surface area contributed by atoms with Crippen molar-refractivity contribution in [2.45, 2.75) is 45.0 Å². The number of carboxylic acids is 1. The number of nitrogens with two attached hydrogens (primary N) is 1. The molecule has 2 aliphatic heterocycles. The normalized spacial score (nSPS) is 20.1. The summed E-state index contributed by atoms with van der Waals surface area (Å²) in [6, 6.07) is -1.24. The minimum absolute atomic E-state index is 0.0331. The van der Waals surface area contributed by atoms with E-state index in [1.54, 1.807) is 0 Å². The van der Waals surface area contributed by atoms with E-state index in [0.717, 1.165) is 37.5 Å². The first-order valence-corrected chi connectivity index (χ1v) is 15.9. The van der Waals surface area contributed by atoms with Gasteiger partial charge in [0.25, 0.3) is 0 Å². The van der Waals surface area contributed by atoms with Gasteiger partial charge in [0, 0.05) is 38.0 Å². The van der Waals surface area contributed by atoms with E-state index in [2.05, 4.69) is 30.7 Å². The molecule has 2 fully saturated rings. The maximum Gasteiger partial charge on any atom is 0.362 e. The van der Waals surface area contributed by atoms with E-state index in [-0.39, 0.29) is 40.7 Å². The summed E-state index contributed by atoms with van der Waals surface area (Å²) in [7, 11) is -2.98. The predicted octanol–water partition coefficient (Wildman–Crippen LogP) is -1.95. The number of oxime groups is 1. The van der Waals surface area contributed by atoms with Crippen molar-refractivity contribution in [3.8, 4) is 0 Å². The summed E-state index contributed by atoms with van der Waals surface area (Å²) < 4.78 is 35.2. The molecule has 2 aromatic heterocycles. The van der Waals surface area contributed by atoms with Gasteiger partial charge in [0.1, 0.15) is 11.4 Å². The summed E-state index contributed by atoms with van der Waals surface area (Å²) in [5.74, 6) is -4.68. The first kappa shape index (κ1) is 33.8. The number of Topliss-reactive ketones (excluding diaryl/α,β-unsaturated/α-hetero) is 1. The maximum absolute atomic E-state index is 13.4. The number of nitrogens with one attached hydrogen (secondary N) is 1. The van der Waals surface area contributed by atoms with Gasteiger partial charge in [0.05, 0.1) is 37.8 Å². The van der Waals surface area contributed by atoms with Gasteiger partial charge in [-0.2, -0.15) is 8.42 Å². The van der Waals surface area contributed by atoms with E-state index < -0.39 is 57.7 Å². The molecule has 0 saturated carbocycles. The first-order chi connectivity index (χ1) is 21.0. The molecule has 0 bridgehead atoms. The summed E-state index contributed by atoms with van der Waals surface area (Å²) in [5.41, 5.74) is 3.75. The van der Waals surface area contributed by atoms with Crippen LogP contribution >= 0.6 is 11.3 Å². The second-order valence-electron chi connectivity index (χ2n) is 11.1. The maximum atomic E-state index is 13.4. The van der Waals surface area contributed by atoms with E-state index in [1.807, 2.05) is 11.9 Å². The molecule has 2 aromatic rings. The number of carbonyl (C=O) groups is 4. The van der Waals surface area contributed by atoms with Crippen LogP contribution in [-0.2, 0) is 47.4 Å². The van der Waals surface area contributed by atoms with Gasteiger partial charge in [0.2, 0.25) is 17.4 Å². The first-order valence-electron chi connectivity index (χ1n) is 13.7. The predicted molar refractivity (Wildman–Crippen MR) is 157 cm³/mol. The summed E-state index contributed by atoms with van der Waals surface area (Å²) in [6.45, 7) is 5.68. The highest BCUT2D eigenvalue weighted by atomic mass is 32.2. The van der Waals surface area contributed by atoms with Gasteiger partial charge >= 0.3 is 16.3 Å². The highest BCUT2D eigenvalue weighted by Gasteiger charge is 2.54. The average molecular weight is 671 g/mol. The van der Waals surface area contributed by atoms with Gasteiger partial charge < -0.3 is 25.9 Å². The van der Waals surface area contributed by atoms with Crippen LogP contribution in [0.15, 0.2) is 16.7 Å². The molecular weight excluding hydrogens is 636 g/mol. The fourth-order valence-electron chi connectivity index (χ4n) is 4.57. The van der Waals surface area contributed by atoms with Crippen LogP contribution in [0.3, 0.4) is 0 Å². The lowest BCUT2D eigenvalue weighted by molar-refractivity contribution is -0.161. The molecule has 45 heavy (non-hydrogen) atoms. The van der Waals surface area contributed by atoms with Crippen LogP contribution in [0.4, 0.5) is 5.13 Å². The number of nitrogen functional groups attached to an aromatic ring is 1. The summed E-state index contributed by atoms with van der Waals surface area (Å²) >= 11 is 0.977. The number of anilines is 1. The van der Waals surface area contributed by atoms with Gasteiger partial charge in [-0.25, -0.2) is 14.1 Å². The van der Waals surface area contributed by atoms with Crippen molar-refractivity contribution in [2.24, 2.45) is 11.1 Å². The highest BCUT2D eigenvalue weighted by Crippen LogP contribution is 2.34. The second-order valence-corrected chi connectivity index (χ2v) is 13.3. The zero-order valence-corrected chi connectivity index (χ0v) is 26.3. The number of ketones is 1. The Morgan fingerprint density at radius 2 is 1.93 bits per heavy atom. The summed E-state index contributed by atoms with van der Waals surface area (Å²) in [4.78, 5) is 63.3. The van der Waals surface area contributed by atoms with Gasteiger partial charge in [-0.05, 0) is 20.9 Å². The molecule has 4 rings (SSSR count). The molecule has 2 atom stereocenters. The van der Waals surface area contributed by atoms with E-state index in [0.29, 0.717) is 5.69 Å². The Bertz CT molecular complexity index is 1580. The fraction of sp³-hybridized carbons (Fsp3) is 0.583. The number of piperazine rings is 1. The van der Waals surface area contributed by atoms with Gasteiger partial charge in [-0.15, -0.1) is 16.4 Å². The molecule has 21 heteroatoms. The number of β-lactam (4-membered cyclic amide) rings is 1. The van der Waals surface area contributed by atoms with Crippen molar-refractivity contribution < 1.29 is 42.1 Å². The quantitative estimate of drug-likeness (QED) is 0.0737. The molecule has 19 nitrogen and oxygen atoms in total. The van der Waals surface area contributed by atoms with Crippen molar-refractivity contribution >= 4 is 56.1 Å². The van der Waals surface area contributed by atoms with Gasteiger partial charge in [-0.3, -0.25) is 28.5 Å². The lowest BCUT2D eigenvalue weighted by Crippen LogP contribution is -2.64. The summed E-state index contributed by atoms with van der Waals surface area (Å²) in [6.07, 6.45) is 0.847. The third-order valence-corrected chi connectivity index (χ3v) is 8.87. The number of aromatic nitrogens is 4. The van der Waals surface area contributed by atoms with E-state index in [9.17, 15) is 37.3 Å². The molecule has 0 aromatic carbocycles. The summed E-state index contributed by atoms with van der Waals surface area (Å²) in [5, 5.41) is 25.2. The molecule has 246 valence electrons. The molecule has 2 saturated heterocycles. The molecular formula is C24H34N10O9S2. The van der Waals surface area contributed by atoms with Crippen LogP contribution in [-0.4, -0.2) is 133 Å². The largest absolute Gasteiger partial charge is 0.478 e. The number of hydrogen-bond acceptors (Lipinski definition) is 15. The number of hydrogen-bond donors (Lipinski definition) is 4. The molecule has 2 aliphatic rings. The Labute approximate surface area is 261 Å².